The smallest absolute Gasteiger partial charge is 0.258 e. The Balaban J connectivity index is 2.26. The second-order valence-electron chi connectivity index (χ2n) is 7.47. The standard InChI is InChI=1S/C19H28N4O2/c1-6-19(20,7-2)12-21-15(24)13-10-8-9-11-14(13)16-22-17(23-25-16)18(3,4)5/h8-11H,6-7,12,20H2,1-5H3,(H,21,24). The summed E-state index contributed by atoms with van der Waals surface area (Å²) in [5.74, 6) is 0.763. The van der Waals surface area contributed by atoms with Crippen molar-refractivity contribution in [2.75, 3.05) is 6.54 Å². The summed E-state index contributed by atoms with van der Waals surface area (Å²) in [7, 11) is 0. The van der Waals surface area contributed by atoms with Crippen LogP contribution in [0.1, 0.15) is 63.6 Å². The maximum atomic E-state index is 12.7. The average Bonchev–Trinajstić information content (AvgIpc) is 3.09. The number of nitrogens with two attached hydrogens (primary N) is 1. The Kier molecular flexibility index (Phi) is 5.62. The molecule has 0 radical (unpaired) electrons. The number of hydrogen-bond donors (Lipinski definition) is 2. The summed E-state index contributed by atoms with van der Waals surface area (Å²) in [4.78, 5) is 17.1. The molecule has 0 aliphatic heterocycles. The van der Waals surface area contributed by atoms with Crippen LogP contribution in [0, 0.1) is 0 Å². The number of carbonyl (C=O) groups excluding carboxylic acids is 1. The minimum absolute atomic E-state index is 0.192. The van der Waals surface area contributed by atoms with Crippen molar-refractivity contribution in [1.82, 2.24) is 15.5 Å². The van der Waals surface area contributed by atoms with Gasteiger partial charge in [0.2, 0.25) is 0 Å². The molecule has 1 amide bonds. The first-order chi connectivity index (χ1) is 11.7. The van der Waals surface area contributed by atoms with Crippen LogP contribution in [-0.2, 0) is 5.41 Å². The number of rotatable bonds is 6. The van der Waals surface area contributed by atoms with E-state index in [9.17, 15) is 4.79 Å². The maximum Gasteiger partial charge on any atom is 0.258 e. The highest BCUT2D eigenvalue weighted by atomic mass is 16.5. The normalized spacial score (nSPS) is 12.2. The van der Waals surface area contributed by atoms with Gasteiger partial charge in [0.15, 0.2) is 5.82 Å². The van der Waals surface area contributed by atoms with Crippen LogP contribution in [0.2, 0.25) is 0 Å². The molecule has 2 rings (SSSR count). The topological polar surface area (TPSA) is 94.0 Å². The summed E-state index contributed by atoms with van der Waals surface area (Å²) in [6, 6.07) is 7.22. The lowest BCUT2D eigenvalue weighted by molar-refractivity contribution is 0.0942. The molecule has 25 heavy (non-hydrogen) atoms. The zero-order valence-corrected chi connectivity index (χ0v) is 15.7. The van der Waals surface area contributed by atoms with Crippen LogP contribution in [0.15, 0.2) is 28.8 Å². The average molecular weight is 344 g/mol. The van der Waals surface area contributed by atoms with Gasteiger partial charge in [-0.05, 0) is 25.0 Å². The van der Waals surface area contributed by atoms with Gasteiger partial charge in [-0.15, -0.1) is 0 Å². The molecule has 0 fully saturated rings. The number of hydrogen-bond acceptors (Lipinski definition) is 5. The zero-order chi connectivity index (χ0) is 18.7. The van der Waals surface area contributed by atoms with E-state index in [2.05, 4.69) is 15.5 Å². The summed E-state index contributed by atoms with van der Waals surface area (Å²) in [5, 5.41) is 6.97. The van der Waals surface area contributed by atoms with Crippen LogP contribution >= 0.6 is 0 Å². The molecule has 0 saturated carbocycles. The number of carbonyl (C=O) groups is 1. The van der Waals surface area contributed by atoms with Gasteiger partial charge in [-0.25, -0.2) is 0 Å². The van der Waals surface area contributed by atoms with E-state index in [1.165, 1.54) is 0 Å². The van der Waals surface area contributed by atoms with Crippen LogP contribution in [0.3, 0.4) is 0 Å². The Hall–Kier alpha value is -2.21. The van der Waals surface area contributed by atoms with Crippen LogP contribution in [-0.4, -0.2) is 28.1 Å². The first-order valence-corrected chi connectivity index (χ1v) is 8.71. The van der Waals surface area contributed by atoms with E-state index in [1.807, 2.05) is 52.8 Å². The van der Waals surface area contributed by atoms with Crippen LogP contribution in [0.5, 0.6) is 0 Å². The van der Waals surface area contributed by atoms with Crippen LogP contribution < -0.4 is 11.1 Å². The van der Waals surface area contributed by atoms with E-state index in [0.717, 1.165) is 12.8 Å². The maximum absolute atomic E-state index is 12.7. The largest absolute Gasteiger partial charge is 0.350 e. The van der Waals surface area contributed by atoms with Crippen molar-refractivity contribution in [1.29, 1.82) is 0 Å². The lowest BCUT2D eigenvalue weighted by Crippen LogP contribution is -2.49. The predicted octanol–water partition coefficient (Wildman–Crippen LogP) is 3.28. The van der Waals surface area contributed by atoms with Crippen LogP contribution in [0.25, 0.3) is 11.5 Å². The van der Waals surface area contributed by atoms with Crippen molar-refractivity contribution >= 4 is 5.91 Å². The third kappa shape index (κ3) is 4.45. The molecule has 0 unspecified atom stereocenters. The van der Waals surface area contributed by atoms with Gasteiger partial charge in [0.05, 0.1) is 11.1 Å². The van der Waals surface area contributed by atoms with Crippen molar-refractivity contribution in [3.8, 4) is 11.5 Å². The van der Waals surface area contributed by atoms with Gasteiger partial charge in [-0.2, -0.15) is 4.98 Å². The highest BCUT2D eigenvalue weighted by Crippen LogP contribution is 2.26. The molecule has 0 atom stereocenters. The number of nitrogens with one attached hydrogen (secondary N) is 1. The predicted molar refractivity (Wildman–Crippen MR) is 98.3 cm³/mol. The molecule has 1 aromatic carbocycles. The highest BCUT2D eigenvalue weighted by molar-refractivity contribution is 6.00. The van der Waals surface area contributed by atoms with E-state index < -0.39 is 5.54 Å². The monoisotopic (exact) mass is 344 g/mol. The first kappa shape index (κ1) is 19.1. The molecule has 0 spiro atoms. The van der Waals surface area contributed by atoms with Crippen molar-refractivity contribution in [3.05, 3.63) is 35.7 Å². The molecule has 136 valence electrons. The second-order valence-corrected chi connectivity index (χ2v) is 7.47. The molecule has 6 heteroatoms. The summed E-state index contributed by atoms with van der Waals surface area (Å²) in [6.07, 6.45) is 1.59. The number of benzene rings is 1. The van der Waals surface area contributed by atoms with Gasteiger partial charge in [-0.3, -0.25) is 4.79 Å². The van der Waals surface area contributed by atoms with Crippen molar-refractivity contribution in [2.45, 2.75) is 58.4 Å². The molecule has 0 bridgehead atoms. The van der Waals surface area contributed by atoms with Gasteiger partial charge in [0.25, 0.3) is 11.8 Å². The van der Waals surface area contributed by atoms with Crippen molar-refractivity contribution < 1.29 is 9.32 Å². The Bertz CT molecular complexity index is 727. The van der Waals surface area contributed by atoms with Crippen molar-refractivity contribution in [2.24, 2.45) is 5.73 Å². The molecule has 1 heterocycles. The molecule has 6 nitrogen and oxygen atoms in total. The van der Waals surface area contributed by atoms with E-state index in [1.54, 1.807) is 6.07 Å². The minimum atomic E-state index is -0.394. The van der Waals surface area contributed by atoms with Crippen molar-refractivity contribution in [3.63, 3.8) is 0 Å². The Morgan fingerprint density at radius 3 is 2.40 bits per heavy atom. The van der Waals surface area contributed by atoms with Gasteiger partial charge in [-0.1, -0.05) is 51.9 Å². The quantitative estimate of drug-likeness (QED) is 0.838. The Morgan fingerprint density at radius 2 is 1.84 bits per heavy atom. The summed E-state index contributed by atoms with van der Waals surface area (Å²) in [6.45, 7) is 10.5. The molecular formula is C19H28N4O2. The summed E-state index contributed by atoms with van der Waals surface area (Å²) >= 11 is 0. The zero-order valence-electron chi connectivity index (χ0n) is 15.7. The lowest BCUT2D eigenvalue weighted by atomic mass is 9.94. The molecule has 0 aliphatic carbocycles. The molecule has 3 N–H and O–H groups in total. The van der Waals surface area contributed by atoms with E-state index in [-0.39, 0.29) is 11.3 Å². The van der Waals surface area contributed by atoms with E-state index >= 15 is 0 Å². The number of amides is 1. The van der Waals surface area contributed by atoms with Gasteiger partial charge < -0.3 is 15.6 Å². The third-order valence-electron chi connectivity index (χ3n) is 4.51. The fourth-order valence-electron chi connectivity index (χ4n) is 2.36. The molecule has 0 aliphatic rings. The lowest BCUT2D eigenvalue weighted by Gasteiger charge is -2.26. The first-order valence-electron chi connectivity index (χ1n) is 8.71. The van der Waals surface area contributed by atoms with Gasteiger partial charge in [0, 0.05) is 17.5 Å². The van der Waals surface area contributed by atoms with E-state index in [0.29, 0.717) is 29.4 Å². The Morgan fingerprint density at radius 1 is 1.20 bits per heavy atom. The molecule has 1 aromatic heterocycles. The number of aromatic nitrogens is 2. The summed E-state index contributed by atoms with van der Waals surface area (Å²) < 4.78 is 5.39. The SMILES string of the molecule is CCC(N)(CC)CNC(=O)c1ccccc1-c1nc(C(C)(C)C)no1. The molecule has 0 saturated heterocycles. The molecular weight excluding hydrogens is 316 g/mol. The third-order valence-corrected chi connectivity index (χ3v) is 4.51. The number of nitrogens with zero attached hydrogens (tertiary/aromatic N) is 2. The minimum Gasteiger partial charge on any atom is -0.350 e. The molecule has 2 aromatic rings. The fourth-order valence-corrected chi connectivity index (χ4v) is 2.36. The van der Waals surface area contributed by atoms with Crippen LogP contribution in [0.4, 0.5) is 0 Å². The highest BCUT2D eigenvalue weighted by Gasteiger charge is 2.25. The summed E-state index contributed by atoms with van der Waals surface area (Å²) in [5.41, 5.74) is 6.78. The fraction of sp³-hybridized carbons (Fsp3) is 0.526. The second kappa shape index (κ2) is 7.35. The van der Waals surface area contributed by atoms with E-state index in [4.69, 9.17) is 10.3 Å². The van der Waals surface area contributed by atoms with Gasteiger partial charge >= 0.3 is 0 Å². The van der Waals surface area contributed by atoms with Gasteiger partial charge in [0.1, 0.15) is 0 Å². The Labute approximate surface area is 149 Å².